The van der Waals surface area contributed by atoms with Crippen LogP contribution in [0.15, 0.2) is 115 Å². The third kappa shape index (κ3) is 7.94. The molecule has 5 aromatic carbocycles. The van der Waals surface area contributed by atoms with Crippen LogP contribution < -0.4 is 24.8 Å². The predicted octanol–water partition coefficient (Wildman–Crippen LogP) is 7.42. The molecule has 266 valence electrons. The van der Waals surface area contributed by atoms with Gasteiger partial charge in [0.1, 0.15) is 0 Å². The molecular weight excluding hydrogens is 751 g/mol. The number of allylic oxidation sites excluding steroid dienone is 4. The summed E-state index contributed by atoms with van der Waals surface area (Å²) < 4.78 is 0. The van der Waals surface area contributed by atoms with Gasteiger partial charge in [-0.25, -0.2) is 0 Å². The molecule has 0 fully saturated rings. The third-order valence-electron chi connectivity index (χ3n) is 10.6. The van der Waals surface area contributed by atoms with Gasteiger partial charge in [-0.05, 0) is 131 Å². The van der Waals surface area contributed by atoms with E-state index in [-0.39, 0.29) is 67.3 Å². The summed E-state index contributed by atoms with van der Waals surface area (Å²) in [5.41, 5.74) is 21.3. The largest absolute Gasteiger partial charge is 2.00 e. The van der Waals surface area contributed by atoms with Crippen molar-refractivity contribution in [3.8, 4) is 33.4 Å². The summed E-state index contributed by atoms with van der Waals surface area (Å²) in [5.74, 6) is 0. The summed E-state index contributed by atoms with van der Waals surface area (Å²) in [5, 5.41) is 0. The zero-order valence-corrected chi connectivity index (χ0v) is 36.3. The van der Waals surface area contributed by atoms with Crippen molar-refractivity contribution in [2.75, 3.05) is 0 Å². The number of rotatable bonds is 5. The van der Waals surface area contributed by atoms with Crippen molar-refractivity contribution in [2.45, 2.75) is 97.8 Å². The van der Waals surface area contributed by atoms with Gasteiger partial charge in [0.2, 0.25) is 0 Å². The normalized spacial score (nSPS) is 13.4. The zero-order chi connectivity index (χ0) is 34.7. The molecule has 0 spiro atoms. The van der Waals surface area contributed by atoms with Crippen LogP contribution in [0.1, 0.15) is 113 Å². The standard InChI is InChI=1S/C49H52.2ClH.Zr/c1-47(2,3)37-26-24-32(25-27-37)28-40-41-30-36-29-38(33-18-12-10-13-19-33)42(48(4,5)6)31-39(36)45(41)44(35-22-16-17-23-35)46(49(7,8)9)43(40)34-20-14-11-15-21-34;;;/h10-22,24-27,29,31H,23,28,30H2,1-9H3;2*1H;/q;;;+2/p-2. The van der Waals surface area contributed by atoms with Crippen LogP contribution in [0.5, 0.6) is 0 Å². The van der Waals surface area contributed by atoms with Crippen LogP contribution in [0.2, 0.25) is 0 Å². The first-order chi connectivity index (χ1) is 23.2. The number of hydrogen-bond donors (Lipinski definition) is 0. The minimum absolute atomic E-state index is 0. The third-order valence-corrected chi connectivity index (χ3v) is 10.6. The molecule has 2 aliphatic rings. The Morgan fingerprint density at radius 2 is 1.17 bits per heavy atom. The van der Waals surface area contributed by atoms with E-state index in [1.165, 1.54) is 83.5 Å². The first-order valence-corrected chi connectivity index (χ1v) is 18.2. The van der Waals surface area contributed by atoms with Gasteiger partial charge in [-0.3, -0.25) is 0 Å². The quantitative estimate of drug-likeness (QED) is 0.170. The van der Waals surface area contributed by atoms with Gasteiger partial charge in [0.15, 0.2) is 0 Å². The Morgan fingerprint density at radius 1 is 0.577 bits per heavy atom. The molecule has 0 aromatic heterocycles. The topological polar surface area (TPSA) is 0 Å². The molecule has 0 aliphatic heterocycles. The van der Waals surface area contributed by atoms with E-state index in [2.05, 4.69) is 178 Å². The van der Waals surface area contributed by atoms with Crippen LogP contribution in [0.4, 0.5) is 0 Å². The van der Waals surface area contributed by atoms with Gasteiger partial charge in [0.05, 0.1) is 0 Å². The van der Waals surface area contributed by atoms with Crippen LogP contribution in [0.3, 0.4) is 0 Å². The molecule has 0 nitrogen and oxygen atoms in total. The molecule has 0 atom stereocenters. The molecule has 52 heavy (non-hydrogen) atoms. The van der Waals surface area contributed by atoms with Gasteiger partial charge in [-0.15, -0.1) is 0 Å². The Hall–Kier alpha value is -2.96. The maximum Gasteiger partial charge on any atom is 2.00 e. The molecule has 0 radical (unpaired) electrons. The first kappa shape index (κ1) is 41.8. The fourth-order valence-electron chi connectivity index (χ4n) is 8.19. The summed E-state index contributed by atoms with van der Waals surface area (Å²) in [6.45, 7) is 21.3. The number of halogens is 2. The summed E-state index contributed by atoms with van der Waals surface area (Å²) in [6.07, 6.45) is 9.80. The van der Waals surface area contributed by atoms with Crippen LogP contribution in [-0.2, 0) is 55.3 Å². The first-order valence-electron chi connectivity index (χ1n) is 18.2. The molecule has 0 N–H and O–H groups in total. The van der Waals surface area contributed by atoms with Gasteiger partial charge in [0, 0.05) is 0 Å². The van der Waals surface area contributed by atoms with Gasteiger partial charge in [-0.2, -0.15) is 0 Å². The fourth-order valence-corrected chi connectivity index (χ4v) is 8.19. The summed E-state index contributed by atoms with van der Waals surface area (Å²) in [7, 11) is 0. The Morgan fingerprint density at radius 3 is 1.69 bits per heavy atom. The van der Waals surface area contributed by atoms with E-state index < -0.39 is 0 Å². The smallest absolute Gasteiger partial charge is 1.00 e. The van der Waals surface area contributed by atoms with Crippen molar-refractivity contribution in [3.63, 3.8) is 0 Å². The Bertz CT molecular complexity index is 2100. The average Bonchev–Trinajstić information content (AvgIpc) is 3.72. The van der Waals surface area contributed by atoms with E-state index >= 15 is 0 Å². The predicted molar refractivity (Wildman–Crippen MR) is 213 cm³/mol. The number of hydrogen-bond acceptors (Lipinski definition) is 0. The molecule has 3 heteroatoms. The molecule has 7 rings (SSSR count). The molecule has 5 aromatic rings. The second-order valence-corrected chi connectivity index (χ2v) is 17.4. The zero-order valence-electron chi connectivity index (χ0n) is 32.3. The minimum Gasteiger partial charge on any atom is -1.00 e. The van der Waals surface area contributed by atoms with Crippen LogP contribution >= 0.6 is 0 Å². The Balaban J connectivity index is 0.00000202. The van der Waals surface area contributed by atoms with Crippen LogP contribution in [0, 0.1) is 0 Å². The van der Waals surface area contributed by atoms with E-state index in [0.29, 0.717) is 0 Å². The minimum atomic E-state index is -0.0800. The summed E-state index contributed by atoms with van der Waals surface area (Å²) >= 11 is 0. The van der Waals surface area contributed by atoms with Gasteiger partial charge in [-0.1, -0.05) is 165 Å². The van der Waals surface area contributed by atoms with Crippen molar-refractivity contribution < 1.29 is 51.0 Å². The van der Waals surface area contributed by atoms with Crippen molar-refractivity contribution in [3.05, 3.63) is 160 Å². The SMILES string of the molecule is CC(C)(C)c1ccc(Cc2c3c(c(C4=CC=CC4)c(C(C)(C)C)c2-c2ccccc2)-c2cc(C(C)(C)C)c(-c4ccccc4)cc2C3)cc1.[Cl-].[Cl-].[Zr+2]. The van der Waals surface area contributed by atoms with Gasteiger partial charge in [0.25, 0.3) is 0 Å². The number of benzene rings is 5. The second kappa shape index (κ2) is 15.8. The van der Waals surface area contributed by atoms with E-state index in [1.807, 2.05) is 0 Å². The van der Waals surface area contributed by atoms with Crippen LogP contribution in [-0.4, -0.2) is 0 Å². The Labute approximate surface area is 345 Å². The van der Waals surface area contributed by atoms with Gasteiger partial charge < -0.3 is 24.8 Å². The van der Waals surface area contributed by atoms with E-state index in [9.17, 15) is 0 Å². The molecule has 2 aliphatic carbocycles. The van der Waals surface area contributed by atoms with E-state index in [1.54, 1.807) is 0 Å². The van der Waals surface area contributed by atoms with Crippen molar-refractivity contribution in [1.29, 1.82) is 0 Å². The second-order valence-electron chi connectivity index (χ2n) is 17.4. The maximum atomic E-state index is 2.58. The summed E-state index contributed by atoms with van der Waals surface area (Å²) in [6, 6.07) is 36.8. The molecule has 0 saturated heterocycles. The molecule has 0 saturated carbocycles. The number of fused-ring (bicyclic) bond motifs is 3. The molecule has 0 heterocycles. The van der Waals surface area contributed by atoms with E-state index in [0.717, 1.165) is 19.3 Å². The van der Waals surface area contributed by atoms with Gasteiger partial charge >= 0.3 is 26.2 Å². The van der Waals surface area contributed by atoms with Crippen LogP contribution in [0.25, 0.3) is 39.0 Å². The maximum absolute atomic E-state index is 2.58. The van der Waals surface area contributed by atoms with Crippen molar-refractivity contribution >= 4 is 5.57 Å². The molecule has 0 amide bonds. The average molecular weight is 803 g/mol. The fraction of sp³-hybridized carbons (Fsp3) is 0.306. The van der Waals surface area contributed by atoms with Crippen molar-refractivity contribution in [1.82, 2.24) is 0 Å². The summed E-state index contributed by atoms with van der Waals surface area (Å²) in [4.78, 5) is 0. The molecule has 0 bridgehead atoms. The van der Waals surface area contributed by atoms with Crippen molar-refractivity contribution in [2.24, 2.45) is 0 Å². The molecular formula is C49H52Cl2Zr. The van der Waals surface area contributed by atoms with E-state index in [4.69, 9.17) is 0 Å². The Kier molecular flexibility index (Phi) is 12.7. The molecule has 0 unspecified atom stereocenters. The monoisotopic (exact) mass is 800 g/mol.